The van der Waals surface area contributed by atoms with Gasteiger partial charge in [0, 0.05) is 12.2 Å². The summed E-state index contributed by atoms with van der Waals surface area (Å²) in [6.45, 7) is 4.44. The van der Waals surface area contributed by atoms with E-state index in [2.05, 4.69) is 0 Å². The van der Waals surface area contributed by atoms with Crippen molar-refractivity contribution >= 4 is 17.2 Å². The summed E-state index contributed by atoms with van der Waals surface area (Å²) in [5.74, 6) is 0. The van der Waals surface area contributed by atoms with Crippen molar-refractivity contribution in [3.8, 4) is 0 Å². The summed E-state index contributed by atoms with van der Waals surface area (Å²) in [4.78, 5) is 11.8. The molecule has 0 saturated carbocycles. The van der Waals surface area contributed by atoms with E-state index in [0.717, 1.165) is 5.69 Å². The van der Waals surface area contributed by atoms with Crippen molar-refractivity contribution in [3.05, 3.63) is 33.7 Å². The van der Waals surface area contributed by atoms with Crippen molar-refractivity contribution in [1.29, 1.82) is 0 Å². The normalized spacial score (nSPS) is 10.0. The van der Waals surface area contributed by atoms with E-state index in [1.165, 1.54) is 0 Å². The number of pyridine rings is 1. The Hall–Kier alpha value is -1.16. The van der Waals surface area contributed by atoms with Crippen LogP contribution in [0.5, 0.6) is 0 Å². The van der Waals surface area contributed by atoms with Gasteiger partial charge in [0.25, 0.3) is 5.56 Å². The molecule has 1 aromatic rings. The molecule has 1 aromatic heterocycles. The highest BCUT2D eigenvalue weighted by molar-refractivity contribution is 7.80. The van der Waals surface area contributed by atoms with Crippen LogP contribution in [0.1, 0.15) is 18.2 Å². The van der Waals surface area contributed by atoms with Crippen molar-refractivity contribution in [2.75, 3.05) is 0 Å². The minimum atomic E-state index is -0.102. The molecule has 3 nitrogen and oxygen atoms in total. The van der Waals surface area contributed by atoms with Crippen molar-refractivity contribution in [2.45, 2.75) is 20.4 Å². The van der Waals surface area contributed by atoms with Gasteiger partial charge in [0.15, 0.2) is 0 Å². The summed E-state index contributed by atoms with van der Waals surface area (Å²) >= 11 is 4.76. The van der Waals surface area contributed by atoms with Gasteiger partial charge in [-0.25, -0.2) is 0 Å². The van der Waals surface area contributed by atoms with E-state index in [4.69, 9.17) is 18.0 Å². The molecular weight excluding hydrogens is 184 g/mol. The van der Waals surface area contributed by atoms with Gasteiger partial charge in [-0.1, -0.05) is 12.2 Å². The lowest BCUT2D eigenvalue weighted by atomic mass is 10.2. The molecule has 2 N–H and O–H groups in total. The number of hydrogen-bond acceptors (Lipinski definition) is 2. The fourth-order valence-corrected chi connectivity index (χ4v) is 1.41. The topological polar surface area (TPSA) is 48.0 Å². The minimum absolute atomic E-state index is 0.102. The number of aryl methyl sites for hydroxylation is 1. The van der Waals surface area contributed by atoms with Crippen molar-refractivity contribution in [1.82, 2.24) is 4.57 Å². The molecule has 0 amide bonds. The zero-order chi connectivity index (χ0) is 10.0. The molecule has 70 valence electrons. The second-order valence-corrected chi connectivity index (χ2v) is 3.24. The third-order valence-electron chi connectivity index (χ3n) is 1.97. The third-order valence-corrected chi connectivity index (χ3v) is 2.19. The Kier molecular flexibility index (Phi) is 2.83. The molecule has 0 radical (unpaired) electrons. The predicted molar refractivity (Wildman–Crippen MR) is 57.0 cm³/mol. The highest BCUT2D eigenvalue weighted by Crippen LogP contribution is 1.98. The van der Waals surface area contributed by atoms with Gasteiger partial charge >= 0.3 is 0 Å². The van der Waals surface area contributed by atoms with E-state index in [9.17, 15) is 4.79 Å². The molecule has 0 spiro atoms. The second kappa shape index (κ2) is 3.70. The molecule has 0 bridgehead atoms. The Morgan fingerprint density at radius 1 is 1.62 bits per heavy atom. The molecular formula is C9H12N2OS. The number of thiocarbonyl (C=S) groups is 1. The molecule has 0 aliphatic heterocycles. The second-order valence-electron chi connectivity index (χ2n) is 2.80. The van der Waals surface area contributed by atoms with E-state index < -0.39 is 0 Å². The lowest BCUT2D eigenvalue weighted by molar-refractivity contribution is 0.699. The zero-order valence-electron chi connectivity index (χ0n) is 7.70. The quantitative estimate of drug-likeness (QED) is 0.712. The number of hydrogen-bond donors (Lipinski definition) is 1. The lowest BCUT2D eigenvalue weighted by Crippen LogP contribution is -2.29. The maximum atomic E-state index is 11.7. The van der Waals surface area contributed by atoms with Crippen LogP contribution in [-0.2, 0) is 6.54 Å². The summed E-state index contributed by atoms with van der Waals surface area (Å²) < 4.78 is 1.65. The van der Waals surface area contributed by atoms with E-state index in [0.29, 0.717) is 12.1 Å². The average Bonchev–Trinajstić information content (AvgIpc) is 2.04. The van der Waals surface area contributed by atoms with Gasteiger partial charge in [0.05, 0.1) is 5.56 Å². The van der Waals surface area contributed by atoms with Gasteiger partial charge in [0.2, 0.25) is 0 Å². The molecule has 0 aromatic carbocycles. The van der Waals surface area contributed by atoms with Crippen LogP contribution < -0.4 is 11.3 Å². The third kappa shape index (κ3) is 1.78. The van der Waals surface area contributed by atoms with E-state index in [-0.39, 0.29) is 10.5 Å². The summed E-state index contributed by atoms with van der Waals surface area (Å²) in [6, 6.07) is 3.52. The summed E-state index contributed by atoms with van der Waals surface area (Å²) in [7, 11) is 0. The maximum Gasteiger partial charge on any atom is 0.260 e. The Balaban J connectivity index is 3.45. The molecule has 0 unspecified atom stereocenters. The van der Waals surface area contributed by atoms with Gasteiger partial charge < -0.3 is 10.3 Å². The Bertz CT molecular complexity index is 395. The number of nitrogens with two attached hydrogens (primary N) is 1. The van der Waals surface area contributed by atoms with Crippen molar-refractivity contribution in [2.24, 2.45) is 5.73 Å². The van der Waals surface area contributed by atoms with Crippen LogP contribution in [0, 0.1) is 6.92 Å². The van der Waals surface area contributed by atoms with Crippen LogP contribution in [0.2, 0.25) is 0 Å². The lowest BCUT2D eigenvalue weighted by Gasteiger charge is -2.08. The first kappa shape index (κ1) is 9.92. The fraction of sp³-hybridized carbons (Fsp3) is 0.333. The Morgan fingerprint density at radius 3 is 2.69 bits per heavy atom. The first-order valence-electron chi connectivity index (χ1n) is 4.08. The van der Waals surface area contributed by atoms with Crippen LogP contribution in [-0.4, -0.2) is 9.56 Å². The van der Waals surface area contributed by atoms with Crippen LogP contribution in [0.15, 0.2) is 16.9 Å². The number of rotatable bonds is 2. The van der Waals surface area contributed by atoms with Crippen LogP contribution in [0.25, 0.3) is 0 Å². The Morgan fingerprint density at radius 2 is 2.23 bits per heavy atom. The van der Waals surface area contributed by atoms with Crippen molar-refractivity contribution in [3.63, 3.8) is 0 Å². The molecule has 1 heterocycles. The van der Waals surface area contributed by atoms with E-state index in [1.54, 1.807) is 10.6 Å². The maximum absolute atomic E-state index is 11.7. The molecule has 13 heavy (non-hydrogen) atoms. The highest BCUT2D eigenvalue weighted by Gasteiger charge is 2.06. The standard InChI is InChI=1S/C9H12N2OS/c1-3-11-6(2)4-5-7(8(10)13)9(11)12/h4-5H,3H2,1-2H3,(H2,10,13). The van der Waals surface area contributed by atoms with Gasteiger partial charge in [-0.2, -0.15) is 0 Å². The summed E-state index contributed by atoms with van der Waals surface area (Å²) in [6.07, 6.45) is 0. The molecule has 4 heteroatoms. The smallest absolute Gasteiger partial charge is 0.260 e. The monoisotopic (exact) mass is 196 g/mol. The molecule has 0 saturated heterocycles. The van der Waals surface area contributed by atoms with E-state index in [1.807, 2.05) is 19.9 Å². The number of nitrogens with zero attached hydrogens (tertiary/aromatic N) is 1. The largest absolute Gasteiger partial charge is 0.389 e. The van der Waals surface area contributed by atoms with Crippen LogP contribution in [0.3, 0.4) is 0 Å². The average molecular weight is 196 g/mol. The highest BCUT2D eigenvalue weighted by atomic mass is 32.1. The SMILES string of the molecule is CCn1c(C)ccc(C(N)=S)c1=O. The molecule has 1 rings (SSSR count). The summed E-state index contributed by atoms with van der Waals surface area (Å²) in [5, 5.41) is 0. The molecule has 0 fully saturated rings. The first-order chi connectivity index (χ1) is 6.07. The molecule has 0 atom stereocenters. The zero-order valence-corrected chi connectivity index (χ0v) is 8.52. The van der Waals surface area contributed by atoms with E-state index >= 15 is 0 Å². The fourth-order valence-electron chi connectivity index (χ4n) is 1.25. The number of aromatic nitrogens is 1. The predicted octanol–water partition coefficient (Wildman–Crippen LogP) is 0.811. The van der Waals surface area contributed by atoms with Gasteiger partial charge in [-0.3, -0.25) is 4.79 Å². The van der Waals surface area contributed by atoms with Gasteiger partial charge in [-0.05, 0) is 26.0 Å². The van der Waals surface area contributed by atoms with Crippen LogP contribution >= 0.6 is 12.2 Å². The molecule has 0 aliphatic rings. The Labute approximate surface area is 82.2 Å². The first-order valence-corrected chi connectivity index (χ1v) is 4.49. The minimum Gasteiger partial charge on any atom is -0.389 e. The van der Waals surface area contributed by atoms with Gasteiger partial charge in [-0.15, -0.1) is 0 Å². The molecule has 0 aliphatic carbocycles. The van der Waals surface area contributed by atoms with Gasteiger partial charge in [0.1, 0.15) is 4.99 Å². The van der Waals surface area contributed by atoms with Crippen molar-refractivity contribution < 1.29 is 0 Å². The summed E-state index contributed by atoms with van der Waals surface area (Å²) in [5.41, 5.74) is 6.65. The van der Waals surface area contributed by atoms with Crippen LogP contribution in [0.4, 0.5) is 0 Å².